The molecule has 2 saturated heterocycles. The number of ether oxygens (including phenoxy) is 2. The number of rotatable bonds is 3. The van der Waals surface area contributed by atoms with Gasteiger partial charge in [0.2, 0.25) is 0 Å². The summed E-state index contributed by atoms with van der Waals surface area (Å²) in [6.45, 7) is 1.75. The quantitative estimate of drug-likeness (QED) is 0.813. The van der Waals surface area contributed by atoms with E-state index in [4.69, 9.17) is 9.47 Å². The molecule has 3 atom stereocenters. The van der Waals surface area contributed by atoms with Gasteiger partial charge in [-0.1, -0.05) is 30.3 Å². The molecule has 18 heavy (non-hydrogen) atoms. The third-order valence-electron chi connectivity index (χ3n) is 3.66. The highest BCUT2D eigenvalue weighted by Gasteiger charge is 2.44. The second-order valence-electron chi connectivity index (χ2n) is 4.84. The zero-order chi connectivity index (χ0) is 12.4. The molecule has 0 bridgehead atoms. The molecule has 0 radical (unpaired) electrons. The number of hydrogen-bond acceptors (Lipinski definition) is 4. The highest BCUT2D eigenvalue weighted by atomic mass is 16.5. The second-order valence-corrected chi connectivity index (χ2v) is 4.84. The Labute approximate surface area is 106 Å². The number of fused-ring (bicyclic) bond motifs is 1. The number of nitrogens with one attached hydrogen (secondary N) is 1. The largest absolute Gasteiger partial charge is 0.460 e. The van der Waals surface area contributed by atoms with E-state index in [0.717, 1.165) is 18.6 Å². The normalized spacial score (nSPS) is 30.1. The van der Waals surface area contributed by atoms with Crippen LogP contribution in [0.3, 0.4) is 0 Å². The Kier molecular flexibility index (Phi) is 3.30. The van der Waals surface area contributed by atoms with Gasteiger partial charge < -0.3 is 14.8 Å². The van der Waals surface area contributed by atoms with Crippen LogP contribution in [0.4, 0.5) is 0 Å². The van der Waals surface area contributed by atoms with E-state index in [0.29, 0.717) is 19.2 Å². The Morgan fingerprint density at radius 1 is 1.39 bits per heavy atom. The van der Waals surface area contributed by atoms with Gasteiger partial charge in [-0.15, -0.1) is 0 Å². The van der Waals surface area contributed by atoms with Gasteiger partial charge in [0, 0.05) is 19.2 Å². The molecular formula is C14H17NO3. The van der Waals surface area contributed by atoms with E-state index in [2.05, 4.69) is 5.32 Å². The monoisotopic (exact) mass is 247 g/mol. The lowest BCUT2D eigenvalue weighted by Gasteiger charge is -2.15. The zero-order valence-electron chi connectivity index (χ0n) is 10.2. The van der Waals surface area contributed by atoms with Crippen LogP contribution in [0.2, 0.25) is 0 Å². The van der Waals surface area contributed by atoms with E-state index in [1.54, 1.807) is 0 Å². The maximum Gasteiger partial charge on any atom is 0.313 e. The molecule has 2 aliphatic rings. The molecule has 1 aromatic carbocycles. The third kappa shape index (κ3) is 2.26. The van der Waals surface area contributed by atoms with Gasteiger partial charge in [0.05, 0.1) is 12.0 Å². The first-order chi connectivity index (χ1) is 8.84. The molecule has 3 unspecified atom stereocenters. The van der Waals surface area contributed by atoms with E-state index in [1.165, 1.54) is 0 Å². The molecule has 1 N–H and O–H groups in total. The molecule has 0 spiro atoms. The molecule has 0 aromatic heterocycles. The van der Waals surface area contributed by atoms with Crippen molar-refractivity contribution in [2.24, 2.45) is 5.92 Å². The fourth-order valence-corrected chi connectivity index (χ4v) is 2.67. The van der Waals surface area contributed by atoms with Gasteiger partial charge in [-0.2, -0.15) is 0 Å². The topological polar surface area (TPSA) is 47.6 Å². The van der Waals surface area contributed by atoms with E-state index in [9.17, 15) is 4.79 Å². The van der Waals surface area contributed by atoms with Crippen LogP contribution >= 0.6 is 0 Å². The van der Waals surface area contributed by atoms with E-state index in [-0.39, 0.29) is 18.0 Å². The SMILES string of the molecule is O=C(OCc1ccccc1)C1CNC2CCOC21. The Bertz CT molecular complexity index is 420. The summed E-state index contributed by atoms with van der Waals surface area (Å²) < 4.78 is 11.0. The molecule has 3 rings (SSSR count). The van der Waals surface area contributed by atoms with Crippen LogP contribution in [0, 0.1) is 5.92 Å². The third-order valence-corrected chi connectivity index (χ3v) is 3.66. The zero-order valence-corrected chi connectivity index (χ0v) is 10.2. The first-order valence-corrected chi connectivity index (χ1v) is 6.40. The molecular weight excluding hydrogens is 230 g/mol. The van der Waals surface area contributed by atoms with Crippen molar-refractivity contribution in [1.82, 2.24) is 5.32 Å². The molecule has 0 saturated carbocycles. The van der Waals surface area contributed by atoms with E-state index >= 15 is 0 Å². The van der Waals surface area contributed by atoms with Crippen LogP contribution in [0.15, 0.2) is 30.3 Å². The maximum absolute atomic E-state index is 12.0. The van der Waals surface area contributed by atoms with E-state index in [1.807, 2.05) is 30.3 Å². The summed E-state index contributed by atoms with van der Waals surface area (Å²) in [7, 11) is 0. The number of carbonyl (C=O) groups is 1. The number of hydrogen-bond donors (Lipinski definition) is 1. The predicted octanol–water partition coefficient (Wildman–Crippen LogP) is 1.11. The average molecular weight is 247 g/mol. The first kappa shape index (κ1) is 11.7. The molecule has 4 nitrogen and oxygen atoms in total. The van der Waals surface area contributed by atoms with Crippen molar-refractivity contribution in [2.75, 3.05) is 13.2 Å². The summed E-state index contributed by atoms with van der Waals surface area (Å²) in [4.78, 5) is 12.0. The highest BCUT2D eigenvalue weighted by Crippen LogP contribution is 2.27. The van der Waals surface area contributed by atoms with Crippen molar-refractivity contribution in [3.05, 3.63) is 35.9 Å². The second kappa shape index (κ2) is 5.08. The fourth-order valence-electron chi connectivity index (χ4n) is 2.67. The van der Waals surface area contributed by atoms with Crippen LogP contribution in [0.1, 0.15) is 12.0 Å². The lowest BCUT2D eigenvalue weighted by atomic mass is 10.0. The van der Waals surface area contributed by atoms with Crippen molar-refractivity contribution >= 4 is 5.97 Å². The van der Waals surface area contributed by atoms with Crippen molar-refractivity contribution in [3.8, 4) is 0 Å². The minimum Gasteiger partial charge on any atom is -0.460 e. The molecule has 0 amide bonds. The molecule has 0 aliphatic carbocycles. The molecule has 2 aliphatic heterocycles. The summed E-state index contributed by atoms with van der Waals surface area (Å²) >= 11 is 0. The van der Waals surface area contributed by atoms with Crippen LogP contribution in [0.25, 0.3) is 0 Å². The van der Waals surface area contributed by atoms with Crippen molar-refractivity contribution in [1.29, 1.82) is 0 Å². The minimum absolute atomic E-state index is 0.00766. The van der Waals surface area contributed by atoms with Crippen molar-refractivity contribution in [3.63, 3.8) is 0 Å². The molecule has 96 valence electrons. The van der Waals surface area contributed by atoms with Gasteiger partial charge in [0.1, 0.15) is 6.61 Å². The fraction of sp³-hybridized carbons (Fsp3) is 0.500. The summed E-state index contributed by atoms with van der Waals surface area (Å²) in [5.74, 6) is -0.304. The van der Waals surface area contributed by atoms with Crippen LogP contribution in [0.5, 0.6) is 0 Å². The number of benzene rings is 1. The first-order valence-electron chi connectivity index (χ1n) is 6.40. The Hall–Kier alpha value is -1.39. The van der Waals surface area contributed by atoms with Gasteiger partial charge >= 0.3 is 5.97 Å². The predicted molar refractivity (Wildman–Crippen MR) is 65.9 cm³/mol. The number of carbonyl (C=O) groups excluding carboxylic acids is 1. The van der Waals surface area contributed by atoms with Crippen LogP contribution in [-0.2, 0) is 20.9 Å². The van der Waals surface area contributed by atoms with E-state index < -0.39 is 0 Å². The standard InChI is InChI=1S/C14H17NO3/c16-14(18-9-10-4-2-1-3-5-10)11-8-15-12-6-7-17-13(11)12/h1-5,11-13,15H,6-9H2. The lowest BCUT2D eigenvalue weighted by Crippen LogP contribution is -2.31. The number of esters is 1. The van der Waals surface area contributed by atoms with Gasteiger partial charge in [-0.25, -0.2) is 0 Å². The van der Waals surface area contributed by atoms with Gasteiger partial charge in [-0.3, -0.25) is 4.79 Å². The summed E-state index contributed by atoms with van der Waals surface area (Å²) in [6.07, 6.45) is 1.00. The van der Waals surface area contributed by atoms with Gasteiger partial charge in [0.25, 0.3) is 0 Å². The Balaban J connectivity index is 1.56. The minimum atomic E-state index is -0.152. The molecule has 4 heteroatoms. The highest BCUT2D eigenvalue weighted by molar-refractivity contribution is 5.74. The molecule has 2 fully saturated rings. The lowest BCUT2D eigenvalue weighted by molar-refractivity contribution is -0.152. The summed E-state index contributed by atoms with van der Waals surface area (Å²) in [5, 5.41) is 3.32. The van der Waals surface area contributed by atoms with Gasteiger partial charge in [0.15, 0.2) is 0 Å². The molecule has 1 aromatic rings. The van der Waals surface area contributed by atoms with Crippen LogP contribution < -0.4 is 5.32 Å². The summed E-state index contributed by atoms with van der Waals surface area (Å²) in [5.41, 5.74) is 1.01. The average Bonchev–Trinajstić information content (AvgIpc) is 2.99. The van der Waals surface area contributed by atoms with Gasteiger partial charge in [-0.05, 0) is 12.0 Å². The smallest absolute Gasteiger partial charge is 0.313 e. The summed E-state index contributed by atoms with van der Waals surface area (Å²) in [6, 6.07) is 10.1. The van der Waals surface area contributed by atoms with Crippen molar-refractivity contribution in [2.45, 2.75) is 25.2 Å². The van der Waals surface area contributed by atoms with Crippen molar-refractivity contribution < 1.29 is 14.3 Å². The Morgan fingerprint density at radius 2 is 2.22 bits per heavy atom. The Morgan fingerprint density at radius 3 is 3.06 bits per heavy atom. The molecule has 2 heterocycles. The van der Waals surface area contributed by atoms with Crippen LogP contribution in [-0.4, -0.2) is 31.3 Å². The maximum atomic E-state index is 12.0.